The van der Waals surface area contributed by atoms with Crippen LogP contribution in [0, 0.1) is 27.7 Å². The van der Waals surface area contributed by atoms with E-state index in [1.165, 1.54) is 43.8 Å². The van der Waals surface area contributed by atoms with Gasteiger partial charge in [-0.2, -0.15) is 12.1 Å². The Hall–Kier alpha value is -1.72. The fourth-order valence-electron chi connectivity index (χ4n) is 3.08. The first-order valence-electron chi connectivity index (χ1n) is 8.30. The normalized spacial score (nSPS) is 9.60. The van der Waals surface area contributed by atoms with Gasteiger partial charge in [-0.25, -0.2) is 0 Å². The second kappa shape index (κ2) is 9.68. The molecule has 0 bridgehead atoms. The number of aryl methyl sites for hydroxylation is 4. The van der Waals surface area contributed by atoms with Crippen LogP contribution in [0.15, 0.2) is 73.8 Å². The van der Waals surface area contributed by atoms with Gasteiger partial charge in [-0.3, -0.25) is 0 Å². The average molecular weight is 406 g/mol. The van der Waals surface area contributed by atoms with Gasteiger partial charge in [0.1, 0.15) is 0 Å². The summed E-state index contributed by atoms with van der Waals surface area (Å²) in [6, 6.07) is 21.8. The monoisotopic (exact) mass is 404 g/mol. The molecule has 0 spiro atoms. The maximum Gasteiger partial charge on any atom is 2.00 e. The summed E-state index contributed by atoms with van der Waals surface area (Å²) in [6.45, 7) is 14.6. The van der Waals surface area contributed by atoms with Gasteiger partial charge in [-0.15, -0.1) is 82.2 Å². The van der Waals surface area contributed by atoms with E-state index < -0.39 is 0 Å². The number of hydrogen-bond acceptors (Lipinski definition) is 0. The fraction of sp³-hybridized carbons (Fsp3) is 0.167. The van der Waals surface area contributed by atoms with Crippen LogP contribution in [0.25, 0.3) is 21.5 Å². The minimum absolute atomic E-state index is 0. The number of hydrogen-bond donors (Lipinski definition) is 0. The van der Waals surface area contributed by atoms with Crippen LogP contribution in [0.1, 0.15) is 22.3 Å². The maximum absolute atomic E-state index is 3.00. The number of fused-ring (bicyclic) bond motifs is 2. The Kier molecular flexibility index (Phi) is 8.26. The predicted octanol–water partition coefficient (Wildman–Crippen LogP) is 7.15. The molecule has 0 nitrogen and oxygen atoms in total. The summed E-state index contributed by atoms with van der Waals surface area (Å²) >= 11 is 0. The van der Waals surface area contributed by atoms with E-state index in [2.05, 4.69) is 102 Å². The minimum atomic E-state index is 0. The van der Waals surface area contributed by atoms with Crippen LogP contribution in [0.5, 0.6) is 0 Å². The van der Waals surface area contributed by atoms with Crippen LogP contribution in [0.4, 0.5) is 0 Å². The molecule has 0 aliphatic rings. The smallest absolute Gasteiger partial charge is 0.165 e. The van der Waals surface area contributed by atoms with Crippen molar-refractivity contribution in [3.8, 4) is 0 Å². The molecule has 0 amide bonds. The van der Waals surface area contributed by atoms with Crippen LogP contribution in [-0.2, 0) is 26.2 Å². The van der Waals surface area contributed by atoms with Gasteiger partial charge in [-0.1, -0.05) is 37.1 Å². The summed E-state index contributed by atoms with van der Waals surface area (Å²) in [7, 11) is 0. The van der Waals surface area contributed by atoms with Crippen molar-refractivity contribution in [2.24, 2.45) is 0 Å². The molecular formula is C24H26Zr. The molecule has 0 saturated heterocycles. The molecule has 0 N–H and O–H groups in total. The summed E-state index contributed by atoms with van der Waals surface area (Å²) in [5.74, 6) is 0. The Morgan fingerprint density at radius 2 is 1.00 bits per heavy atom. The summed E-state index contributed by atoms with van der Waals surface area (Å²) in [6.07, 6.45) is 0. The first kappa shape index (κ1) is 21.3. The average Bonchev–Trinajstić information content (AvgIpc) is 3.13. The van der Waals surface area contributed by atoms with E-state index >= 15 is 0 Å². The number of rotatable bonds is 0. The minimum Gasteiger partial charge on any atom is -0.165 e. The summed E-state index contributed by atoms with van der Waals surface area (Å²) < 4.78 is 0. The van der Waals surface area contributed by atoms with Crippen LogP contribution in [-0.4, -0.2) is 0 Å². The zero-order chi connectivity index (χ0) is 17.7. The third-order valence-corrected chi connectivity index (χ3v) is 4.23. The van der Waals surface area contributed by atoms with Crippen molar-refractivity contribution in [1.29, 1.82) is 0 Å². The van der Waals surface area contributed by atoms with E-state index in [4.69, 9.17) is 0 Å². The van der Waals surface area contributed by atoms with Crippen molar-refractivity contribution >= 4 is 21.5 Å². The zero-order valence-corrected chi connectivity index (χ0v) is 18.1. The zero-order valence-electron chi connectivity index (χ0n) is 15.7. The second-order valence-corrected chi connectivity index (χ2v) is 6.22. The van der Waals surface area contributed by atoms with E-state index in [0.29, 0.717) is 0 Å². The van der Waals surface area contributed by atoms with Crippen molar-refractivity contribution in [1.82, 2.24) is 0 Å². The topological polar surface area (TPSA) is 0 Å². The molecule has 4 aromatic rings. The molecule has 0 saturated carbocycles. The Labute approximate surface area is 171 Å². The van der Waals surface area contributed by atoms with Crippen molar-refractivity contribution in [2.75, 3.05) is 0 Å². The van der Waals surface area contributed by atoms with Crippen LogP contribution in [0.2, 0.25) is 0 Å². The van der Waals surface area contributed by atoms with Crippen LogP contribution in [0.3, 0.4) is 0 Å². The molecule has 126 valence electrons. The molecule has 0 atom stereocenters. The largest absolute Gasteiger partial charge is 2.00 e. The van der Waals surface area contributed by atoms with Gasteiger partial charge in [-0.05, 0) is 13.8 Å². The van der Waals surface area contributed by atoms with Gasteiger partial charge >= 0.3 is 26.2 Å². The third-order valence-electron chi connectivity index (χ3n) is 4.23. The van der Waals surface area contributed by atoms with Gasteiger partial charge < -0.3 is 0 Å². The summed E-state index contributed by atoms with van der Waals surface area (Å²) in [5.41, 5.74) is 5.45. The van der Waals surface area contributed by atoms with Gasteiger partial charge in [0.25, 0.3) is 0 Å². The molecular weight excluding hydrogens is 379 g/mol. The Bertz CT molecular complexity index is 859. The molecule has 0 aromatic heterocycles. The fourth-order valence-corrected chi connectivity index (χ4v) is 3.08. The van der Waals surface area contributed by atoms with E-state index in [1.807, 2.05) is 0 Å². The van der Waals surface area contributed by atoms with Gasteiger partial charge in [0.05, 0.1) is 0 Å². The Morgan fingerprint density at radius 1 is 0.640 bits per heavy atom. The van der Waals surface area contributed by atoms with Crippen LogP contribution < -0.4 is 0 Å². The molecule has 4 aromatic carbocycles. The molecule has 0 heterocycles. The SMILES string of the molecule is C=C.Cc1cc2c(C)cccc2[cH-]1.Cc1cc2c(C)cccc2[cH-]1.[Zr+2]. The first-order chi connectivity index (χ1) is 11.5. The van der Waals surface area contributed by atoms with Crippen LogP contribution >= 0.6 is 0 Å². The molecule has 4 rings (SSSR count). The molecule has 0 fully saturated rings. The first-order valence-corrected chi connectivity index (χ1v) is 8.30. The van der Waals surface area contributed by atoms with Crippen molar-refractivity contribution in [3.63, 3.8) is 0 Å². The third kappa shape index (κ3) is 5.13. The maximum atomic E-state index is 3.00. The van der Waals surface area contributed by atoms with Crippen molar-refractivity contribution in [2.45, 2.75) is 27.7 Å². The summed E-state index contributed by atoms with van der Waals surface area (Å²) in [5, 5.41) is 5.51. The standard InChI is InChI=1S/2C11H11.C2H4.Zr/c2*1-8-6-10-5-3-4-9(2)11(10)7-8;1-2;/h2*3-7H,1-2H3;1-2H2;/q2*-1;;+2. The summed E-state index contributed by atoms with van der Waals surface area (Å²) in [4.78, 5) is 0. The van der Waals surface area contributed by atoms with E-state index in [9.17, 15) is 0 Å². The molecule has 0 aliphatic heterocycles. The quantitative estimate of drug-likeness (QED) is 0.215. The van der Waals surface area contributed by atoms with E-state index in [-0.39, 0.29) is 26.2 Å². The van der Waals surface area contributed by atoms with Crippen molar-refractivity contribution < 1.29 is 26.2 Å². The van der Waals surface area contributed by atoms with Gasteiger partial charge in [0.2, 0.25) is 0 Å². The molecule has 0 unspecified atom stereocenters. The van der Waals surface area contributed by atoms with Crippen molar-refractivity contribution in [3.05, 3.63) is 96.1 Å². The van der Waals surface area contributed by atoms with Gasteiger partial charge in [0, 0.05) is 0 Å². The molecule has 0 radical (unpaired) electrons. The Morgan fingerprint density at radius 3 is 1.32 bits per heavy atom. The second-order valence-electron chi connectivity index (χ2n) is 6.22. The molecule has 1 heteroatoms. The molecule has 0 aliphatic carbocycles. The Balaban J connectivity index is 0.000000220. The van der Waals surface area contributed by atoms with Gasteiger partial charge in [0.15, 0.2) is 0 Å². The predicted molar refractivity (Wildman–Crippen MR) is 109 cm³/mol. The molecule has 25 heavy (non-hydrogen) atoms. The van der Waals surface area contributed by atoms with E-state index in [0.717, 1.165) is 0 Å². The number of benzene rings is 2. The van der Waals surface area contributed by atoms with E-state index in [1.54, 1.807) is 0 Å².